The maximum absolute atomic E-state index is 11.6. The molecule has 0 bridgehead atoms. The summed E-state index contributed by atoms with van der Waals surface area (Å²) in [6.07, 6.45) is 0. The number of benzene rings is 1. The van der Waals surface area contributed by atoms with Crippen LogP contribution >= 0.6 is 0 Å². The van der Waals surface area contributed by atoms with Crippen molar-refractivity contribution in [3.63, 3.8) is 0 Å². The molecule has 2 rings (SSSR count). The monoisotopic (exact) mass is 247 g/mol. The Kier molecular flexibility index (Phi) is 3.74. The smallest absolute Gasteiger partial charge is 0.379 e. The lowest BCUT2D eigenvalue weighted by Crippen LogP contribution is -2.27. The van der Waals surface area contributed by atoms with Crippen LogP contribution in [-0.4, -0.2) is 19.1 Å². The molecule has 0 radical (unpaired) electrons. The highest BCUT2D eigenvalue weighted by Gasteiger charge is 2.10. The summed E-state index contributed by atoms with van der Waals surface area (Å²) in [7, 11) is 0. The van der Waals surface area contributed by atoms with E-state index in [1.807, 2.05) is 13.0 Å². The molecule has 5 heteroatoms. The van der Waals surface area contributed by atoms with Crippen LogP contribution in [0.5, 0.6) is 5.75 Å². The fourth-order valence-corrected chi connectivity index (χ4v) is 1.50. The number of fused-ring (bicyclic) bond motifs is 1. The summed E-state index contributed by atoms with van der Waals surface area (Å²) in [5.41, 5.74) is -0.187. The second-order valence-electron chi connectivity index (χ2n) is 3.69. The Morgan fingerprint density at radius 2 is 2.17 bits per heavy atom. The zero-order chi connectivity index (χ0) is 13.0. The van der Waals surface area contributed by atoms with Gasteiger partial charge in [0.1, 0.15) is 5.58 Å². The van der Waals surface area contributed by atoms with Crippen LogP contribution in [0, 0.1) is 0 Å². The first-order valence-corrected chi connectivity index (χ1v) is 5.65. The number of likely N-dealkylation sites (N-methyl/N-ethyl adjacent to an activating group) is 1. The Bertz CT molecular complexity index is 618. The molecule has 1 aromatic heterocycles. The van der Waals surface area contributed by atoms with Crippen LogP contribution in [0.4, 0.5) is 0 Å². The van der Waals surface area contributed by atoms with Crippen molar-refractivity contribution >= 4 is 16.9 Å². The van der Waals surface area contributed by atoms with Crippen LogP contribution in [0.1, 0.15) is 6.92 Å². The zero-order valence-corrected chi connectivity index (χ0v) is 9.93. The molecule has 0 saturated carbocycles. The maximum Gasteiger partial charge on any atom is 0.379 e. The molecule has 0 spiro atoms. The van der Waals surface area contributed by atoms with E-state index in [0.717, 1.165) is 0 Å². The SMILES string of the molecule is CCNCC(=O)Oc1cc2ccccc2oc1=O. The summed E-state index contributed by atoms with van der Waals surface area (Å²) in [4.78, 5) is 23.0. The van der Waals surface area contributed by atoms with Gasteiger partial charge in [0.25, 0.3) is 0 Å². The molecule has 0 amide bonds. The molecule has 5 nitrogen and oxygen atoms in total. The van der Waals surface area contributed by atoms with Crippen molar-refractivity contribution in [2.24, 2.45) is 0 Å². The van der Waals surface area contributed by atoms with Crippen molar-refractivity contribution in [3.8, 4) is 5.75 Å². The van der Waals surface area contributed by atoms with E-state index in [2.05, 4.69) is 5.32 Å². The summed E-state index contributed by atoms with van der Waals surface area (Å²) >= 11 is 0. The van der Waals surface area contributed by atoms with Gasteiger partial charge in [-0.25, -0.2) is 4.79 Å². The molecule has 0 unspecified atom stereocenters. The molecule has 0 fully saturated rings. The lowest BCUT2D eigenvalue weighted by atomic mass is 10.2. The molecule has 0 saturated heterocycles. The highest BCUT2D eigenvalue weighted by molar-refractivity contribution is 5.79. The van der Waals surface area contributed by atoms with Crippen LogP contribution in [-0.2, 0) is 4.79 Å². The van der Waals surface area contributed by atoms with Gasteiger partial charge in [-0.2, -0.15) is 0 Å². The molecular formula is C13H13NO4. The van der Waals surface area contributed by atoms with Crippen LogP contribution in [0.15, 0.2) is 39.5 Å². The molecular weight excluding hydrogens is 234 g/mol. The average Bonchev–Trinajstić information content (AvgIpc) is 2.37. The van der Waals surface area contributed by atoms with Gasteiger partial charge >= 0.3 is 11.6 Å². The predicted octanol–water partition coefficient (Wildman–Crippen LogP) is 1.31. The number of esters is 1. The average molecular weight is 247 g/mol. The Labute approximate surface area is 103 Å². The lowest BCUT2D eigenvalue weighted by Gasteiger charge is -2.04. The number of carbonyl (C=O) groups is 1. The number of rotatable bonds is 4. The number of hydrogen-bond acceptors (Lipinski definition) is 5. The van der Waals surface area contributed by atoms with Crippen molar-refractivity contribution in [1.82, 2.24) is 5.32 Å². The van der Waals surface area contributed by atoms with Gasteiger partial charge in [0.2, 0.25) is 5.75 Å². The highest BCUT2D eigenvalue weighted by Crippen LogP contribution is 2.16. The minimum absolute atomic E-state index is 0.0583. The molecule has 0 aliphatic heterocycles. The Morgan fingerprint density at radius 3 is 2.94 bits per heavy atom. The summed E-state index contributed by atoms with van der Waals surface area (Å²) in [6.45, 7) is 2.59. The van der Waals surface area contributed by atoms with E-state index >= 15 is 0 Å². The summed E-state index contributed by atoms with van der Waals surface area (Å²) in [5, 5.41) is 3.53. The van der Waals surface area contributed by atoms with Gasteiger partial charge in [0, 0.05) is 5.39 Å². The normalized spacial score (nSPS) is 10.5. The van der Waals surface area contributed by atoms with Gasteiger partial charge in [0.05, 0.1) is 6.54 Å². The quantitative estimate of drug-likeness (QED) is 0.651. The van der Waals surface area contributed by atoms with E-state index in [-0.39, 0.29) is 12.3 Å². The van der Waals surface area contributed by atoms with Crippen molar-refractivity contribution in [3.05, 3.63) is 40.8 Å². The van der Waals surface area contributed by atoms with E-state index in [4.69, 9.17) is 9.15 Å². The van der Waals surface area contributed by atoms with Crippen molar-refractivity contribution in [2.75, 3.05) is 13.1 Å². The second-order valence-corrected chi connectivity index (χ2v) is 3.69. The third kappa shape index (κ3) is 2.75. The molecule has 0 aliphatic carbocycles. The largest absolute Gasteiger partial charge is 0.420 e. The Hall–Kier alpha value is -2.14. The van der Waals surface area contributed by atoms with Gasteiger partial charge < -0.3 is 14.5 Å². The van der Waals surface area contributed by atoms with E-state index in [1.165, 1.54) is 6.07 Å². The lowest BCUT2D eigenvalue weighted by molar-refractivity contribution is -0.133. The zero-order valence-electron chi connectivity index (χ0n) is 9.93. The minimum Gasteiger partial charge on any atom is -0.420 e. The fraction of sp³-hybridized carbons (Fsp3) is 0.231. The van der Waals surface area contributed by atoms with Crippen LogP contribution < -0.4 is 15.7 Å². The standard InChI is InChI=1S/C13H13NO4/c1-2-14-8-12(15)17-11-7-9-5-3-4-6-10(9)18-13(11)16/h3-7,14H,2,8H2,1H3. The van der Waals surface area contributed by atoms with E-state index in [1.54, 1.807) is 18.2 Å². The summed E-state index contributed by atoms with van der Waals surface area (Å²) < 4.78 is 9.99. The molecule has 1 heterocycles. The van der Waals surface area contributed by atoms with Gasteiger partial charge in [-0.15, -0.1) is 0 Å². The highest BCUT2D eigenvalue weighted by atomic mass is 16.5. The molecule has 2 aromatic rings. The number of para-hydroxylation sites is 1. The van der Waals surface area contributed by atoms with Crippen LogP contribution in [0.3, 0.4) is 0 Å². The first-order valence-electron chi connectivity index (χ1n) is 5.65. The Balaban J connectivity index is 2.25. The van der Waals surface area contributed by atoms with Gasteiger partial charge in [-0.3, -0.25) is 4.79 Å². The van der Waals surface area contributed by atoms with Gasteiger partial charge in [0.15, 0.2) is 0 Å². The van der Waals surface area contributed by atoms with Crippen molar-refractivity contribution in [1.29, 1.82) is 0 Å². The fourth-order valence-electron chi connectivity index (χ4n) is 1.50. The van der Waals surface area contributed by atoms with Crippen molar-refractivity contribution < 1.29 is 13.9 Å². The minimum atomic E-state index is -0.654. The van der Waals surface area contributed by atoms with Crippen LogP contribution in [0.25, 0.3) is 11.0 Å². The van der Waals surface area contributed by atoms with E-state index in [0.29, 0.717) is 17.5 Å². The molecule has 0 aliphatic rings. The topological polar surface area (TPSA) is 68.5 Å². The third-order valence-corrected chi connectivity index (χ3v) is 2.35. The number of ether oxygens (including phenoxy) is 1. The van der Waals surface area contributed by atoms with Crippen LogP contribution in [0.2, 0.25) is 0 Å². The number of hydrogen-bond donors (Lipinski definition) is 1. The molecule has 1 N–H and O–H groups in total. The van der Waals surface area contributed by atoms with Gasteiger partial charge in [-0.1, -0.05) is 25.1 Å². The Morgan fingerprint density at radius 1 is 1.39 bits per heavy atom. The first-order chi connectivity index (χ1) is 8.70. The molecule has 94 valence electrons. The summed E-state index contributed by atoms with van der Waals surface area (Å²) in [5.74, 6) is -0.601. The first kappa shape index (κ1) is 12.3. The predicted molar refractivity (Wildman–Crippen MR) is 66.7 cm³/mol. The van der Waals surface area contributed by atoms with Crippen molar-refractivity contribution in [2.45, 2.75) is 6.92 Å². The molecule has 1 aromatic carbocycles. The molecule has 18 heavy (non-hydrogen) atoms. The number of carbonyl (C=O) groups excluding carboxylic acids is 1. The molecule has 0 atom stereocenters. The summed E-state index contributed by atoms with van der Waals surface area (Å²) in [6, 6.07) is 8.54. The second kappa shape index (κ2) is 5.46. The van der Waals surface area contributed by atoms with E-state index in [9.17, 15) is 9.59 Å². The number of nitrogens with one attached hydrogen (secondary N) is 1. The van der Waals surface area contributed by atoms with E-state index < -0.39 is 11.6 Å². The maximum atomic E-state index is 11.6. The van der Waals surface area contributed by atoms with Gasteiger partial charge in [-0.05, 0) is 18.7 Å². The third-order valence-electron chi connectivity index (χ3n) is 2.35.